The molecule has 0 aromatic carbocycles. The summed E-state index contributed by atoms with van der Waals surface area (Å²) in [5.74, 6) is 3.10. The van der Waals surface area contributed by atoms with Gasteiger partial charge < -0.3 is 10.6 Å². The fourth-order valence-corrected chi connectivity index (χ4v) is 3.07. The van der Waals surface area contributed by atoms with Crippen LogP contribution in [0, 0.1) is 5.92 Å². The van der Waals surface area contributed by atoms with E-state index in [9.17, 15) is 0 Å². The molecular weight excluding hydrogens is 250 g/mol. The molecule has 2 fully saturated rings. The van der Waals surface area contributed by atoms with Gasteiger partial charge in [0.15, 0.2) is 0 Å². The van der Waals surface area contributed by atoms with E-state index in [4.69, 9.17) is 5.73 Å². The van der Waals surface area contributed by atoms with Crippen molar-refractivity contribution in [1.29, 1.82) is 0 Å². The average Bonchev–Trinajstić information content (AvgIpc) is 3.23. The Labute approximate surface area is 121 Å². The molecule has 2 heterocycles. The first-order chi connectivity index (χ1) is 9.65. The Morgan fingerprint density at radius 1 is 1.20 bits per heavy atom. The van der Waals surface area contributed by atoms with Gasteiger partial charge in [-0.3, -0.25) is 4.90 Å². The van der Waals surface area contributed by atoms with Crippen LogP contribution < -0.4 is 10.6 Å². The van der Waals surface area contributed by atoms with Crippen LogP contribution in [0.4, 0.5) is 11.6 Å². The molecule has 5 heteroatoms. The summed E-state index contributed by atoms with van der Waals surface area (Å²) >= 11 is 0. The maximum atomic E-state index is 6.07. The summed E-state index contributed by atoms with van der Waals surface area (Å²) in [6, 6.07) is 0. The van der Waals surface area contributed by atoms with Crippen LogP contribution in [0.15, 0.2) is 6.33 Å². The van der Waals surface area contributed by atoms with Gasteiger partial charge in [-0.2, -0.15) is 0 Å². The van der Waals surface area contributed by atoms with Crippen molar-refractivity contribution in [3.8, 4) is 0 Å². The smallest absolute Gasteiger partial charge is 0.137 e. The third-order valence-electron chi connectivity index (χ3n) is 4.17. The van der Waals surface area contributed by atoms with Crippen molar-refractivity contribution >= 4 is 11.6 Å². The van der Waals surface area contributed by atoms with Gasteiger partial charge in [0.05, 0.1) is 0 Å². The normalized spacial score (nSPS) is 20.6. The minimum absolute atomic E-state index is 0.597. The van der Waals surface area contributed by atoms with E-state index in [-0.39, 0.29) is 0 Å². The zero-order valence-electron chi connectivity index (χ0n) is 12.5. The van der Waals surface area contributed by atoms with Crippen LogP contribution in [0.1, 0.15) is 38.2 Å². The Kier molecular flexibility index (Phi) is 3.78. The molecule has 0 spiro atoms. The Morgan fingerprint density at radius 2 is 1.90 bits per heavy atom. The van der Waals surface area contributed by atoms with Crippen molar-refractivity contribution < 1.29 is 0 Å². The zero-order valence-corrected chi connectivity index (χ0v) is 12.5. The SMILES string of the molecule is CC(C)CN1CCN(c2ncnc(N)c2C2CC2)CC1. The predicted molar refractivity (Wildman–Crippen MR) is 81.9 cm³/mol. The van der Waals surface area contributed by atoms with Crippen molar-refractivity contribution in [2.45, 2.75) is 32.6 Å². The molecule has 0 atom stereocenters. The molecule has 20 heavy (non-hydrogen) atoms. The second-order valence-corrected chi connectivity index (χ2v) is 6.45. The molecule has 0 bridgehead atoms. The first kappa shape index (κ1) is 13.6. The second kappa shape index (κ2) is 5.56. The summed E-state index contributed by atoms with van der Waals surface area (Å²) < 4.78 is 0. The molecule has 0 unspecified atom stereocenters. The third kappa shape index (κ3) is 2.87. The minimum atomic E-state index is 0.597. The molecule has 3 rings (SSSR count). The zero-order chi connectivity index (χ0) is 14.1. The highest BCUT2D eigenvalue weighted by Gasteiger charge is 2.32. The molecule has 1 saturated heterocycles. The lowest BCUT2D eigenvalue weighted by atomic mass is 10.1. The summed E-state index contributed by atoms with van der Waals surface area (Å²) in [7, 11) is 0. The fraction of sp³-hybridized carbons (Fsp3) is 0.733. The average molecular weight is 275 g/mol. The highest BCUT2D eigenvalue weighted by Crippen LogP contribution is 2.45. The molecular formula is C15H25N5. The predicted octanol–water partition coefficient (Wildman–Crippen LogP) is 1.71. The molecule has 0 amide bonds. The lowest BCUT2D eigenvalue weighted by Gasteiger charge is -2.37. The van der Waals surface area contributed by atoms with Gasteiger partial charge in [-0.1, -0.05) is 13.8 Å². The number of aromatic nitrogens is 2. The van der Waals surface area contributed by atoms with E-state index in [0.29, 0.717) is 11.7 Å². The van der Waals surface area contributed by atoms with Crippen molar-refractivity contribution in [2.24, 2.45) is 5.92 Å². The Hall–Kier alpha value is -1.36. The topological polar surface area (TPSA) is 58.3 Å². The molecule has 1 aliphatic carbocycles. The Balaban J connectivity index is 1.70. The molecule has 1 saturated carbocycles. The summed E-state index contributed by atoms with van der Waals surface area (Å²) in [5, 5.41) is 0. The number of rotatable bonds is 4. The number of nitrogens with two attached hydrogens (primary N) is 1. The summed E-state index contributed by atoms with van der Waals surface area (Å²) in [4.78, 5) is 13.6. The van der Waals surface area contributed by atoms with Crippen LogP contribution >= 0.6 is 0 Å². The van der Waals surface area contributed by atoms with Crippen LogP contribution in [0.2, 0.25) is 0 Å². The molecule has 0 radical (unpaired) electrons. The monoisotopic (exact) mass is 275 g/mol. The maximum absolute atomic E-state index is 6.07. The molecule has 1 aliphatic heterocycles. The van der Waals surface area contributed by atoms with Gasteiger partial charge in [0.25, 0.3) is 0 Å². The molecule has 5 nitrogen and oxygen atoms in total. The van der Waals surface area contributed by atoms with E-state index >= 15 is 0 Å². The van der Waals surface area contributed by atoms with Gasteiger partial charge in [-0.05, 0) is 24.7 Å². The lowest BCUT2D eigenvalue weighted by Crippen LogP contribution is -2.48. The number of hydrogen-bond acceptors (Lipinski definition) is 5. The van der Waals surface area contributed by atoms with Gasteiger partial charge in [0.2, 0.25) is 0 Å². The first-order valence-electron chi connectivity index (χ1n) is 7.73. The first-order valence-corrected chi connectivity index (χ1v) is 7.73. The van der Waals surface area contributed by atoms with Gasteiger partial charge in [0, 0.05) is 38.3 Å². The van der Waals surface area contributed by atoms with Gasteiger partial charge >= 0.3 is 0 Å². The second-order valence-electron chi connectivity index (χ2n) is 6.45. The largest absolute Gasteiger partial charge is 0.383 e. The Morgan fingerprint density at radius 3 is 2.50 bits per heavy atom. The van der Waals surface area contributed by atoms with Crippen molar-refractivity contribution in [1.82, 2.24) is 14.9 Å². The van der Waals surface area contributed by atoms with Gasteiger partial charge in [0.1, 0.15) is 18.0 Å². The standard InChI is InChI=1S/C15H25N5/c1-11(2)9-19-5-7-20(8-6-19)15-13(12-3-4-12)14(16)17-10-18-15/h10-12H,3-9H2,1-2H3,(H2,16,17,18). The Bertz CT molecular complexity index is 461. The molecule has 2 N–H and O–H groups in total. The molecule has 2 aliphatic rings. The third-order valence-corrected chi connectivity index (χ3v) is 4.17. The maximum Gasteiger partial charge on any atom is 0.137 e. The van der Waals surface area contributed by atoms with E-state index in [0.717, 1.165) is 37.9 Å². The summed E-state index contributed by atoms with van der Waals surface area (Å²) in [6.45, 7) is 10.1. The van der Waals surface area contributed by atoms with E-state index in [1.54, 1.807) is 6.33 Å². The highest BCUT2D eigenvalue weighted by atomic mass is 15.3. The lowest BCUT2D eigenvalue weighted by molar-refractivity contribution is 0.231. The van der Waals surface area contributed by atoms with E-state index in [1.807, 2.05) is 0 Å². The summed E-state index contributed by atoms with van der Waals surface area (Å²) in [5.41, 5.74) is 7.27. The van der Waals surface area contributed by atoms with Crippen LogP contribution in [-0.2, 0) is 0 Å². The fourth-order valence-electron chi connectivity index (χ4n) is 3.07. The number of anilines is 2. The van der Waals surface area contributed by atoms with Gasteiger partial charge in [-0.25, -0.2) is 9.97 Å². The summed E-state index contributed by atoms with van der Waals surface area (Å²) in [6.07, 6.45) is 4.08. The van der Waals surface area contributed by atoms with Crippen LogP contribution in [-0.4, -0.2) is 47.6 Å². The van der Waals surface area contributed by atoms with E-state index in [2.05, 4.69) is 33.6 Å². The van der Waals surface area contributed by atoms with Crippen LogP contribution in [0.5, 0.6) is 0 Å². The van der Waals surface area contributed by atoms with Gasteiger partial charge in [-0.15, -0.1) is 0 Å². The number of nitrogens with zero attached hydrogens (tertiary/aromatic N) is 4. The number of piperazine rings is 1. The minimum Gasteiger partial charge on any atom is -0.383 e. The van der Waals surface area contributed by atoms with Crippen molar-refractivity contribution in [2.75, 3.05) is 43.4 Å². The van der Waals surface area contributed by atoms with Crippen molar-refractivity contribution in [3.05, 3.63) is 11.9 Å². The van der Waals surface area contributed by atoms with Crippen LogP contribution in [0.25, 0.3) is 0 Å². The molecule has 1 aromatic heterocycles. The number of hydrogen-bond donors (Lipinski definition) is 1. The molecule has 110 valence electrons. The van der Waals surface area contributed by atoms with Crippen LogP contribution in [0.3, 0.4) is 0 Å². The van der Waals surface area contributed by atoms with Crippen molar-refractivity contribution in [3.63, 3.8) is 0 Å². The highest BCUT2D eigenvalue weighted by molar-refractivity contribution is 5.60. The van der Waals surface area contributed by atoms with E-state index in [1.165, 1.54) is 24.9 Å². The molecule has 1 aromatic rings. The van der Waals surface area contributed by atoms with E-state index < -0.39 is 0 Å². The quantitative estimate of drug-likeness (QED) is 0.906. The number of nitrogen functional groups attached to an aromatic ring is 1.